The fourth-order valence-electron chi connectivity index (χ4n) is 3.55. The Morgan fingerprint density at radius 1 is 1.38 bits per heavy atom. The summed E-state index contributed by atoms with van der Waals surface area (Å²) in [5, 5.41) is 4.41. The molecule has 1 aromatic carbocycles. The van der Waals surface area contributed by atoms with Gasteiger partial charge in [-0.15, -0.1) is 0 Å². The lowest BCUT2D eigenvalue weighted by molar-refractivity contribution is 0.0723. The number of ether oxygens (including phenoxy) is 1. The van der Waals surface area contributed by atoms with Crippen LogP contribution in [0.25, 0.3) is 0 Å². The molecule has 0 spiro atoms. The van der Waals surface area contributed by atoms with Crippen molar-refractivity contribution in [2.24, 2.45) is 0 Å². The van der Waals surface area contributed by atoms with E-state index in [0.29, 0.717) is 12.2 Å². The molecule has 1 aliphatic rings. The van der Waals surface area contributed by atoms with Gasteiger partial charge in [-0.1, -0.05) is 18.2 Å². The zero-order valence-electron chi connectivity index (χ0n) is 14.7. The monoisotopic (exact) mass is 327 g/mol. The van der Waals surface area contributed by atoms with E-state index in [1.165, 1.54) is 0 Å². The fraction of sp³-hybridized carbons (Fsp3) is 0.474. The lowest BCUT2D eigenvalue weighted by Gasteiger charge is -2.25. The van der Waals surface area contributed by atoms with Gasteiger partial charge in [0.05, 0.1) is 12.8 Å². The highest BCUT2D eigenvalue weighted by Gasteiger charge is 2.31. The molecule has 0 N–H and O–H groups in total. The van der Waals surface area contributed by atoms with Crippen molar-refractivity contribution >= 4 is 5.91 Å². The first-order valence-electron chi connectivity index (χ1n) is 8.61. The van der Waals surface area contributed by atoms with E-state index < -0.39 is 0 Å². The van der Waals surface area contributed by atoms with E-state index in [1.54, 1.807) is 11.8 Å². The quantitative estimate of drug-likeness (QED) is 0.848. The molecule has 1 amide bonds. The lowest BCUT2D eigenvalue weighted by Crippen LogP contribution is -2.38. The van der Waals surface area contributed by atoms with Crippen LogP contribution in [0.15, 0.2) is 30.3 Å². The molecule has 1 fully saturated rings. The zero-order chi connectivity index (χ0) is 17.1. The van der Waals surface area contributed by atoms with Crippen molar-refractivity contribution in [3.63, 3.8) is 0 Å². The molecule has 128 valence electrons. The van der Waals surface area contributed by atoms with E-state index in [9.17, 15) is 4.79 Å². The molecule has 3 rings (SSSR count). The predicted molar refractivity (Wildman–Crippen MR) is 93.4 cm³/mol. The number of hydrogen-bond donors (Lipinski definition) is 0. The predicted octanol–water partition coefficient (Wildman–Crippen LogP) is 3.07. The molecule has 0 aliphatic carbocycles. The summed E-state index contributed by atoms with van der Waals surface area (Å²) in [6, 6.07) is 10.2. The summed E-state index contributed by atoms with van der Waals surface area (Å²) in [5.74, 6) is 0.987. The van der Waals surface area contributed by atoms with Crippen LogP contribution in [0.5, 0.6) is 5.75 Å². The van der Waals surface area contributed by atoms with Crippen LogP contribution in [-0.2, 0) is 13.0 Å². The second-order valence-electron chi connectivity index (χ2n) is 6.30. The first kappa shape index (κ1) is 16.6. The van der Waals surface area contributed by atoms with Crippen LogP contribution < -0.4 is 4.74 Å². The lowest BCUT2D eigenvalue weighted by atomic mass is 10.0. The molecule has 2 aromatic rings. The summed E-state index contributed by atoms with van der Waals surface area (Å²) in [4.78, 5) is 15.0. The van der Waals surface area contributed by atoms with Gasteiger partial charge in [0.2, 0.25) is 0 Å². The molecule has 1 unspecified atom stereocenters. The summed E-state index contributed by atoms with van der Waals surface area (Å²) in [6.07, 6.45) is 2.91. The van der Waals surface area contributed by atoms with Crippen molar-refractivity contribution in [3.8, 4) is 5.75 Å². The third kappa shape index (κ3) is 3.16. The first-order chi connectivity index (χ1) is 11.6. The SMILES string of the molecule is CCn1nc(C)cc1C(=O)N1CCCC1Cc1ccccc1OC. The maximum absolute atomic E-state index is 13.0. The number of hydrogen-bond acceptors (Lipinski definition) is 3. The Bertz CT molecular complexity index is 723. The molecule has 5 nitrogen and oxygen atoms in total. The highest BCUT2D eigenvalue weighted by Crippen LogP contribution is 2.27. The number of carbonyl (C=O) groups is 1. The van der Waals surface area contributed by atoms with Gasteiger partial charge in [0.15, 0.2) is 0 Å². The maximum atomic E-state index is 13.0. The second-order valence-corrected chi connectivity index (χ2v) is 6.30. The van der Waals surface area contributed by atoms with Gasteiger partial charge < -0.3 is 9.64 Å². The van der Waals surface area contributed by atoms with Gasteiger partial charge in [0, 0.05) is 19.1 Å². The van der Waals surface area contributed by atoms with Crippen LogP contribution >= 0.6 is 0 Å². The molecule has 1 aliphatic heterocycles. The van der Waals surface area contributed by atoms with Gasteiger partial charge in [0.25, 0.3) is 5.91 Å². The highest BCUT2D eigenvalue weighted by molar-refractivity contribution is 5.93. The average Bonchev–Trinajstić information content (AvgIpc) is 3.21. The summed E-state index contributed by atoms with van der Waals surface area (Å²) in [5.41, 5.74) is 2.74. The van der Waals surface area contributed by atoms with Crippen LogP contribution in [0.2, 0.25) is 0 Å². The Balaban J connectivity index is 1.81. The number of aryl methyl sites for hydroxylation is 2. The van der Waals surface area contributed by atoms with E-state index in [1.807, 2.05) is 43.0 Å². The molecule has 5 heteroatoms. The topological polar surface area (TPSA) is 47.4 Å². The van der Waals surface area contributed by atoms with E-state index in [0.717, 1.165) is 42.8 Å². The van der Waals surface area contributed by atoms with Gasteiger partial charge >= 0.3 is 0 Å². The van der Waals surface area contributed by atoms with E-state index in [4.69, 9.17) is 4.74 Å². The molecule has 0 saturated carbocycles. The minimum absolute atomic E-state index is 0.0925. The minimum Gasteiger partial charge on any atom is -0.496 e. The number of carbonyl (C=O) groups excluding carboxylic acids is 1. The first-order valence-corrected chi connectivity index (χ1v) is 8.61. The second kappa shape index (κ2) is 7.07. The van der Waals surface area contributed by atoms with Crippen LogP contribution in [0.4, 0.5) is 0 Å². The molecule has 1 aromatic heterocycles. The van der Waals surface area contributed by atoms with Gasteiger partial charge in [0.1, 0.15) is 11.4 Å². The number of aromatic nitrogens is 2. The number of amides is 1. The van der Waals surface area contributed by atoms with E-state index >= 15 is 0 Å². The number of likely N-dealkylation sites (tertiary alicyclic amines) is 1. The zero-order valence-corrected chi connectivity index (χ0v) is 14.7. The van der Waals surface area contributed by atoms with Crippen molar-refractivity contribution in [1.29, 1.82) is 0 Å². The van der Waals surface area contributed by atoms with Gasteiger partial charge in [-0.05, 0) is 50.8 Å². The summed E-state index contributed by atoms with van der Waals surface area (Å²) in [7, 11) is 1.69. The minimum atomic E-state index is 0.0925. The number of para-hydroxylation sites is 1. The molecular formula is C19H25N3O2. The van der Waals surface area contributed by atoms with Crippen LogP contribution in [-0.4, -0.2) is 40.3 Å². The Kier molecular flexibility index (Phi) is 4.88. The highest BCUT2D eigenvalue weighted by atomic mass is 16.5. The summed E-state index contributed by atoms with van der Waals surface area (Å²) < 4.78 is 7.26. The molecule has 1 atom stereocenters. The van der Waals surface area contributed by atoms with Gasteiger partial charge in [-0.25, -0.2) is 0 Å². The van der Waals surface area contributed by atoms with Crippen molar-refractivity contribution in [3.05, 3.63) is 47.3 Å². The molecule has 24 heavy (non-hydrogen) atoms. The molecular weight excluding hydrogens is 302 g/mol. The van der Waals surface area contributed by atoms with E-state index in [-0.39, 0.29) is 11.9 Å². The third-order valence-corrected chi connectivity index (χ3v) is 4.71. The third-order valence-electron chi connectivity index (χ3n) is 4.71. The number of methoxy groups -OCH3 is 1. The largest absolute Gasteiger partial charge is 0.496 e. The molecule has 0 bridgehead atoms. The standard InChI is InChI=1S/C19H25N3O2/c1-4-22-17(12-14(2)20-22)19(23)21-11-7-9-16(21)13-15-8-5-6-10-18(15)24-3/h5-6,8,10,12,16H,4,7,9,11,13H2,1-3H3. The Morgan fingerprint density at radius 3 is 2.92 bits per heavy atom. The number of rotatable bonds is 5. The maximum Gasteiger partial charge on any atom is 0.272 e. The van der Waals surface area contributed by atoms with Crippen molar-refractivity contribution in [2.75, 3.05) is 13.7 Å². The number of nitrogens with zero attached hydrogens (tertiary/aromatic N) is 3. The van der Waals surface area contributed by atoms with Gasteiger partial charge in [-0.3, -0.25) is 9.48 Å². The fourth-order valence-corrected chi connectivity index (χ4v) is 3.55. The average molecular weight is 327 g/mol. The van der Waals surface area contributed by atoms with E-state index in [2.05, 4.69) is 11.2 Å². The van der Waals surface area contributed by atoms with Crippen molar-refractivity contribution in [2.45, 2.75) is 45.7 Å². The number of benzene rings is 1. The van der Waals surface area contributed by atoms with Crippen LogP contribution in [0.3, 0.4) is 0 Å². The Labute approximate surface area is 143 Å². The van der Waals surface area contributed by atoms with Crippen molar-refractivity contribution in [1.82, 2.24) is 14.7 Å². The Hall–Kier alpha value is -2.30. The smallest absolute Gasteiger partial charge is 0.272 e. The molecule has 1 saturated heterocycles. The molecule has 0 radical (unpaired) electrons. The molecule has 2 heterocycles. The van der Waals surface area contributed by atoms with Crippen molar-refractivity contribution < 1.29 is 9.53 Å². The van der Waals surface area contributed by atoms with Gasteiger partial charge in [-0.2, -0.15) is 5.10 Å². The summed E-state index contributed by atoms with van der Waals surface area (Å²) in [6.45, 7) is 5.46. The normalized spacial score (nSPS) is 17.3. The van der Waals surface area contributed by atoms with Crippen LogP contribution in [0, 0.1) is 6.92 Å². The van der Waals surface area contributed by atoms with Crippen LogP contribution in [0.1, 0.15) is 41.5 Å². The Morgan fingerprint density at radius 2 is 2.17 bits per heavy atom. The summed E-state index contributed by atoms with van der Waals surface area (Å²) >= 11 is 0.